The van der Waals surface area contributed by atoms with Crippen LogP contribution >= 0.6 is 7.81 Å². The number of carbonyl (C=O) groups excluding carboxylic acids is 1. The van der Waals surface area contributed by atoms with Crippen molar-refractivity contribution in [2.75, 3.05) is 26.2 Å². The molecule has 0 aliphatic carbocycles. The van der Waals surface area contributed by atoms with E-state index in [1.54, 1.807) is 0 Å². The van der Waals surface area contributed by atoms with Crippen molar-refractivity contribution in [1.29, 1.82) is 0 Å². The second-order valence-corrected chi connectivity index (χ2v) is 5.73. The normalized spacial score (nSPS) is 12.3. The Bertz CT molecular complexity index is 450. The predicted molar refractivity (Wildman–Crippen MR) is 76.7 cm³/mol. The van der Waals surface area contributed by atoms with Gasteiger partial charge in [0.15, 0.2) is 0 Å². The number of nitrogens with two attached hydrogens (primary N) is 2. The number of carboxylic acids is 1. The van der Waals surface area contributed by atoms with Crippen LogP contribution in [-0.4, -0.2) is 42.6 Å². The summed E-state index contributed by atoms with van der Waals surface area (Å²) in [4.78, 5) is 13.7. The standard InChI is InChI=1S/C6H5NO2.C4H13N3.Cu.F6P.H2O/c8-6(9)5-1-3-7-4-2-5;5-1-3-7-4-2-6;;1-7(2,3,4,5)6;/h1-4H,(H,8,9);7H,1-6H2;;;1H2/q;;+2;-1;/p-1. The largest absolute Gasteiger partial charge is 2.00 e. The number of carboxylic acid groups (broad SMARTS) is 1. The van der Waals surface area contributed by atoms with E-state index in [1.807, 2.05) is 0 Å². The van der Waals surface area contributed by atoms with Crippen LogP contribution in [0.2, 0.25) is 0 Å². The van der Waals surface area contributed by atoms with Crippen molar-refractivity contribution in [2.24, 2.45) is 11.5 Å². The fourth-order valence-corrected chi connectivity index (χ4v) is 0.817. The molecular weight excluding hydrogens is 433 g/mol. The van der Waals surface area contributed by atoms with E-state index in [4.69, 9.17) is 11.5 Å². The molecule has 0 spiro atoms. The molecule has 0 amide bonds. The first kappa shape index (κ1) is 31.7. The van der Waals surface area contributed by atoms with Gasteiger partial charge in [-0.3, -0.25) is 4.98 Å². The Hall–Kier alpha value is -1.01. The summed E-state index contributed by atoms with van der Waals surface area (Å²) in [6.45, 7) is 3.13. The van der Waals surface area contributed by atoms with Crippen LogP contribution in [0, 0.1) is 0 Å². The second-order valence-electron chi connectivity index (χ2n) is 3.81. The van der Waals surface area contributed by atoms with Crippen molar-refractivity contribution in [1.82, 2.24) is 10.3 Å². The van der Waals surface area contributed by atoms with Gasteiger partial charge in [0.1, 0.15) is 0 Å². The van der Waals surface area contributed by atoms with Crippen LogP contribution in [0.15, 0.2) is 24.5 Å². The maximum Gasteiger partial charge on any atom is 2.00 e. The molecule has 0 aliphatic heterocycles. The van der Waals surface area contributed by atoms with Gasteiger partial charge in [0.2, 0.25) is 0 Å². The number of nitrogens with one attached hydrogen (secondary N) is 1. The van der Waals surface area contributed by atoms with Crippen molar-refractivity contribution < 1.29 is 57.6 Å². The zero-order chi connectivity index (χ0) is 18.6. The molecule has 1 rings (SSSR count). The number of pyridine rings is 1. The average molecular weight is 452 g/mol. The fraction of sp³-hybridized carbons (Fsp3) is 0.400. The van der Waals surface area contributed by atoms with E-state index in [2.05, 4.69) is 10.3 Å². The maximum absolute atomic E-state index is 10.7. The van der Waals surface area contributed by atoms with E-state index in [0.717, 1.165) is 13.1 Å². The van der Waals surface area contributed by atoms with E-state index in [1.165, 1.54) is 24.5 Å². The van der Waals surface area contributed by atoms with E-state index >= 15 is 0 Å². The molecule has 1 heterocycles. The quantitative estimate of drug-likeness (QED) is 0.257. The number of hydrogen-bond donors (Lipinski definition) is 3. The second kappa shape index (κ2) is 12.4. The van der Waals surface area contributed by atoms with Gasteiger partial charge in [-0.1, -0.05) is 0 Å². The maximum atomic E-state index is 10.1. The van der Waals surface area contributed by atoms with Crippen LogP contribution in [0.3, 0.4) is 0 Å². The van der Waals surface area contributed by atoms with Gasteiger partial charge in [-0.05, 0) is 12.1 Å². The molecule has 7 nitrogen and oxygen atoms in total. The summed E-state index contributed by atoms with van der Waals surface area (Å²) >= 11 is 0. The SMILES string of the molecule is F[P-](F)(F)(F)(F)F.NCCNCCN.O.O=C([O-])c1ccncc1.[Cu+2]. The molecule has 7 N–H and O–H groups in total. The van der Waals surface area contributed by atoms with Gasteiger partial charge in [-0.25, -0.2) is 0 Å². The smallest absolute Gasteiger partial charge is 0.545 e. The third-order valence-corrected chi connectivity index (χ3v) is 1.56. The molecule has 0 saturated carbocycles. The summed E-state index contributed by atoms with van der Waals surface area (Å²) in [6, 6.07) is 2.77. The van der Waals surface area contributed by atoms with Crippen molar-refractivity contribution in [3.8, 4) is 0 Å². The molecule has 155 valence electrons. The topological polar surface area (TPSA) is 149 Å². The molecule has 0 fully saturated rings. The summed E-state index contributed by atoms with van der Waals surface area (Å²) in [5.74, 6) is -1.17. The Labute approximate surface area is 150 Å². The first-order valence-corrected chi connectivity index (χ1v) is 7.98. The molecule has 0 saturated heterocycles. The molecule has 0 bridgehead atoms. The number of aromatic carboxylic acids is 1. The van der Waals surface area contributed by atoms with Crippen molar-refractivity contribution in [3.05, 3.63) is 30.1 Å². The number of aromatic nitrogens is 1. The van der Waals surface area contributed by atoms with Crippen LogP contribution in [0.1, 0.15) is 10.4 Å². The number of carbonyl (C=O) groups is 1. The van der Waals surface area contributed by atoms with Gasteiger partial charge < -0.3 is 32.2 Å². The van der Waals surface area contributed by atoms with E-state index in [0.29, 0.717) is 13.1 Å². The molecule has 0 unspecified atom stereocenters. The minimum atomic E-state index is -10.7. The number of rotatable bonds is 5. The molecule has 1 aromatic heterocycles. The summed E-state index contributed by atoms with van der Waals surface area (Å²) in [5, 5.41) is 13.1. The third-order valence-electron chi connectivity index (χ3n) is 1.56. The minimum Gasteiger partial charge on any atom is -0.545 e. The monoisotopic (exact) mass is 451 g/mol. The van der Waals surface area contributed by atoms with Gasteiger partial charge in [0, 0.05) is 44.1 Å². The zero-order valence-electron chi connectivity index (χ0n) is 12.6. The number of hydrogen-bond acceptors (Lipinski definition) is 6. The van der Waals surface area contributed by atoms with Crippen molar-refractivity contribution in [3.63, 3.8) is 0 Å². The first-order chi connectivity index (χ1) is 10.2. The van der Waals surface area contributed by atoms with Gasteiger partial charge in [0.25, 0.3) is 0 Å². The predicted octanol–water partition coefficient (Wildman–Crippen LogP) is 0.494. The van der Waals surface area contributed by atoms with E-state index in [-0.39, 0.29) is 28.1 Å². The molecule has 0 aromatic carbocycles. The summed E-state index contributed by atoms with van der Waals surface area (Å²) in [6.07, 6.45) is 2.82. The van der Waals surface area contributed by atoms with Crippen LogP contribution in [0.5, 0.6) is 0 Å². The number of nitrogens with zero attached hydrogens (tertiary/aromatic N) is 1. The Morgan fingerprint density at radius 1 is 1.04 bits per heavy atom. The van der Waals surface area contributed by atoms with E-state index < -0.39 is 13.8 Å². The molecule has 25 heavy (non-hydrogen) atoms. The van der Waals surface area contributed by atoms with Crippen LogP contribution in [-0.2, 0) is 17.1 Å². The summed E-state index contributed by atoms with van der Waals surface area (Å²) < 4.78 is 59.2. The van der Waals surface area contributed by atoms with Gasteiger partial charge >= 0.3 is 50.1 Å². The Kier molecular flexibility index (Phi) is 15.7. The molecule has 1 radical (unpaired) electrons. The van der Waals surface area contributed by atoms with E-state index in [9.17, 15) is 35.1 Å². The molecule has 15 heteroatoms. The van der Waals surface area contributed by atoms with Gasteiger partial charge in [0.05, 0.1) is 5.97 Å². The fourth-order valence-electron chi connectivity index (χ4n) is 0.817. The van der Waals surface area contributed by atoms with Crippen molar-refractivity contribution >= 4 is 13.8 Å². The first-order valence-electron chi connectivity index (χ1n) is 5.96. The average Bonchev–Trinajstić information content (AvgIpc) is 2.37. The van der Waals surface area contributed by atoms with Crippen LogP contribution < -0.4 is 21.9 Å². The Morgan fingerprint density at radius 2 is 1.36 bits per heavy atom. The van der Waals surface area contributed by atoms with Crippen molar-refractivity contribution in [2.45, 2.75) is 0 Å². The Morgan fingerprint density at radius 3 is 1.56 bits per heavy atom. The Balaban J connectivity index is -0.000000129. The molecule has 0 aliphatic rings. The summed E-state index contributed by atoms with van der Waals surface area (Å²) in [5.41, 5.74) is 10.5. The minimum absolute atomic E-state index is 0. The molecule has 0 atom stereocenters. The van der Waals surface area contributed by atoms with Crippen LogP contribution in [0.25, 0.3) is 0 Å². The van der Waals surface area contributed by atoms with Gasteiger partial charge in [-0.2, -0.15) is 0 Å². The van der Waals surface area contributed by atoms with Gasteiger partial charge in [-0.15, -0.1) is 0 Å². The molecule has 1 aromatic rings. The molecular formula is C10H19CuF6N4O3P. The summed E-state index contributed by atoms with van der Waals surface area (Å²) in [7, 11) is -10.7. The van der Waals surface area contributed by atoms with Crippen LogP contribution in [0.4, 0.5) is 25.2 Å². The zero-order valence-corrected chi connectivity index (χ0v) is 14.4. The number of halogens is 6. The third kappa shape index (κ3) is 45.1.